The molecule has 1 aliphatic heterocycles. The van der Waals surface area contributed by atoms with Crippen LogP contribution in [0.2, 0.25) is 0 Å². The van der Waals surface area contributed by atoms with Crippen LogP contribution in [0.25, 0.3) is 11.1 Å². The molecular weight excluding hydrogens is 348 g/mol. The number of hydrogen-bond acceptors (Lipinski definition) is 3. The van der Waals surface area contributed by atoms with Crippen molar-refractivity contribution in [1.82, 2.24) is 14.5 Å². The third-order valence-corrected chi connectivity index (χ3v) is 5.66. The van der Waals surface area contributed by atoms with Crippen LogP contribution in [0.5, 0.6) is 0 Å². The molecule has 5 heteroatoms. The average Bonchev–Trinajstić information content (AvgIpc) is 3.19. The van der Waals surface area contributed by atoms with Gasteiger partial charge in [0.2, 0.25) is 0 Å². The van der Waals surface area contributed by atoms with E-state index in [0.29, 0.717) is 12.5 Å². The van der Waals surface area contributed by atoms with E-state index in [9.17, 15) is 4.79 Å². The van der Waals surface area contributed by atoms with Crippen molar-refractivity contribution in [3.8, 4) is 11.1 Å². The number of amides is 1. The number of nitrogens with zero attached hydrogens (tertiary/aromatic N) is 3. The molecule has 2 heterocycles. The van der Waals surface area contributed by atoms with Crippen LogP contribution < -0.4 is 5.73 Å². The number of aromatic nitrogens is 2. The Labute approximate surface area is 165 Å². The average molecular weight is 374 g/mol. The summed E-state index contributed by atoms with van der Waals surface area (Å²) < 4.78 is 2.06. The third-order valence-electron chi connectivity index (χ3n) is 5.66. The van der Waals surface area contributed by atoms with Gasteiger partial charge in [-0.2, -0.15) is 0 Å². The van der Waals surface area contributed by atoms with Gasteiger partial charge in [-0.3, -0.25) is 4.79 Å². The lowest BCUT2D eigenvalue weighted by Crippen LogP contribution is -2.39. The summed E-state index contributed by atoms with van der Waals surface area (Å²) in [4.78, 5) is 19.3. The normalized spacial score (nSPS) is 16.9. The molecule has 1 fully saturated rings. The smallest absolute Gasteiger partial charge is 0.253 e. The Morgan fingerprint density at radius 2 is 1.96 bits per heavy atom. The number of piperidine rings is 1. The number of hydrogen-bond donors (Lipinski definition) is 1. The summed E-state index contributed by atoms with van der Waals surface area (Å²) in [6.07, 6.45) is 5.86. The van der Waals surface area contributed by atoms with E-state index in [0.717, 1.165) is 48.2 Å². The van der Waals surface area contributed by atoms with Crippen LogP contribution in [0.4, 0.5) is 0 Å². The maximum atomic E-state index is 13.1. The van der Waals surface area contributed by atoms with Crippen LogP contribution in [-0.4, -0.2) is 33.4 Å². The Kier molecular flexibility index (Phi) is 5.26. The molecule has 2 aromatic carbocycles. The van der Waals surface area contributed by atoms with Gasteiger partial charge in [0.15, 0.2) is 0 Å². The van der Waals surface area contributed by atoms with E-state index in [1.165, 1.54) is 5.69 Å². The van der Waals surface area contributed by atoms with Crippen LogP contribution >= 0.6 is 0 Å². The molecule has 1 aliphatic rings. The molecule has 5 nitrogen and oxygen atoms in total. The maximum Gasteiger partial charge on any atom is 0.253 e. The number of nitrogens with two attached hydrogens (primary N) is 1. The fraction of sp³-hybridized carbons (Fsp3) is 0.304. The summed E-state index contributed by atoms with van der Waals surface area (Å²) in [5, 5.41) is 0. The lowest BCUT2D eigenvalue weighted by atomic mass is 9.94. The van der Waals surface area contributed by atoms with Gasteiger partial charge in [0, 0.05) is 50.1 Å². The molecule has 1 saturated heterocycles. The van der Waals surface area contributed by atoms with Gasteiger partial charge in [-0.1, -0.05) is 36.4 Å². The van der Waals surface area contributed by atoms with Gasteiger partial charge >= 0.3 is 0 Å². The zero-order valence-electron chi connectivity index (χ0n) is 16.2. The Bertz CT molecular complexity index is 961. The second kappa shape index (κ2) is 7.98. The first-order chi connectivity index (χ1) is 13.7. The van der Waals surface area contributed by atoms with Crippen molar-refractivity contribution in [3.63, 3.8) is 0 Å². The Morgan fingerprint density at radius 1 is 1.18 bits per heavy atom. The highest BCUT2D eigenvalue weighted by Gasteiger charge is 2.27. The minimum Gasteiger partial charge on any atom is -0.338 e. The zero-order chi connectivity index (χ0) is 19.5. The lowest BCUT2D eigenvalue weighted by Gasteiger charge is -2.33. The summed E-state index contributed by atoms with van der Waals surface area (Å²) in [7, 11) is 2.01. The Balaban J connectivity index is 1.51. The number of likely N-dealkylation sites (tertiary alicyclic amines) is 1. The summed E-state index contributed by atoms with van der Waals surface area (Å²) in [6, 6.07) is 16.0. The molecular formula is C23H26N4O. The fourth-order valence-corrected chi connectivity index (χ4v) is 4.12. The number of carbonyl (C=O) groups is 1. The molecule has 0 radical (unpaired) electrons. The van der Waals surface area contributed by atoms with Crippen molar-refractivity contribution in [3.05, 3.63) is 77.9 Å². The van der Waals surface area contributed by atoms with Gasteiger partial charge in [0.25, 0.3) is 5.91 Å². The Hall–Kier alpha value is -2.92. The summed E-state index contributed by atoms with van der Waals surface area (Å²) >= 11 is 0. The highest BCUT2D eigenvalue weighted by molar-refractivity contribution is 5.95. The van der Waals surface area contributed by atoms with Crippen LogP contribution in [-0.2, 0) is 13.6 Å². The van der Waals surface area contributed by atoms with Crippen molar-refractivity contribution in [2.75, 3.05) is 13.1 Å². The molecule has 1 amide bonds. The molecule has 0 saturated carbocycles. The monoisotopic (exact) mass is 374 g/mol. The highest BCUT2D eigenvalue weighted by Crippen LogP contribution is 2.28. The van der Waals surface area contributed by atoms with Crippen LogP contribution in [0.3, 0.4) is 0 Å². The molecule has 28 heavy (non-hydrogen) atoms. The number of rotatable bonds is 4. The van der Waals surface area contributed by atoms with Gasteiger partial charge in [0.1, 0.15) is 0 Å². The quantitative estimate of drug-likeness (QED) is 0.759. The number of benzene rings is 2. The van der Waals surface area contributed by atoms with Gasteiger partial charge in [-0.15, -0.1) is 0 Å². The van der Waals surface area contributed by atoms with Crippen molar-refractivity contribution in [2.45, 2.75) is 25.3 Å². The summed E-state index contributed by atoms with van der Waals surface area (Å²) in [5.74, 6) is 0.450. The maximum absolute atomic E-state index is 13.1. The first kappa shape index (κ1) is 18.4. The van der Waals surface area contributed by atoms with Gasteiger partial charge in [-0.25, -0.2) is 4.98 Å². The topological polar surface area (TPSA) is 64.2 Å². The van der Waals surface area contributed by atoms with Gasteiger partial charge in [-0.05, 0) is 41.7 Å². The van der Waals surface area contributed by atoms with Crippen LogP contribution in [0, 0.1) is 0 Å². The second-order valence-electron chi connectivity index (χ2n) is 7.46. The SMILES string of the molecule is Cn1cncc1C1CCCN(C(=O)c2ccc(-c3ccccc3CN)cc2)C1. The predicted octanol–water partition coefficient (Wildman–Crippen LogP) is 3.57. The Morgan fingerprint density at radius 3 is 2.68 bits per heavy atom. The molecule has 144 valence electrons. The van der Waals surface area contributed by atoms with E-state index in [2.05, 4.69) is 15.6 Å². The zero-order valence-corrected chi connectivity index (χ0v) is 16.2. The molecule has 1 atom stereocenters. The molecule has 0 aliphatic carbocycles. The van der Waals surface area contributed by atoms with E-state index >= 15 is 0 Å². The standard InChI is InChI=1S/C23H26N4O/c1-26-16-25-14-22(26)20-6-4-12-27(15-20)23(28)18-10-8-17(9-11-18)21-7-3-2-5-19(21)13-24/h2-3,5,7-11,14,16,20H,4,6,12-13,15,24H2,1H3. The van der Waals surface area contributed by atoms with Crippen molar-refractivity contribution in [2.24, 2.45) is 12.8 Å². The summed E-state index contributed by atoms with van der Waals surface area (Å²) in [5.41, 5.74) is 11.1. The van der Waals surface area contributed by atoms with Crippen molar-refractivity contribution in [1.29, 1.82) is 0 Å². The first-order valence-electron chi connectivity index (χ1n) is 9.81. The highest BCUT2D eigenvalue weighted by atomic mass is 16.2. The van der Waals surface area contributed by atoms with Crippen LogP contribution in [0.1, 0.15) is 40.4 Å². The predicted molar refractivity (Wildman–Crippen MR) is 111 cm³/mol. The molecule has 1 unspecified atom stereocenters. The van der Waals surface area contributed by atoms with E-state index in [4.69, 9.17) is 5.73 Å². The molecule has 0 bridgehead atoms. The number of carbonyl (C=O) groups excluding carboxylic acids is 1. The lowest BCUT2D eigenvalue weighted by molar-refractivity contribution is 0.0705. The van der Waals surface area contributed by atoms with Gasteiger partial charge < -0.3 is 15.2 Å². The molecule has 4 rings (SSSR count). The third kappa shape index (κ3) is 3.58. The molecule has 3 aromatic rings. The number of imidazole rings is 1. The van der Waals surface area contributed by atoms with Crippen LogP contribution in [0.15, 0.2) is 61.1 Å². The van der Waals surface area contributed by atoms with E-state index in [1.54, 1.807) is 0 Å². The number of aryl methyl sites for hydroxylation is 1. The molecule has 2 N–H and O–H groups in total. The molecule has 0 spiro atoms. The fourth-order valence-electron chi connectivity index (χ4n) is 4.12. The van der Waals surface area contributed by atoms with E-state index < -0.39 is 0 Å². The largest absolute Gasteiger partial charge is 0.338 e. The molecule has 1 aromatic heterocycles. The second-order valence-corrected chi connectivity index (χ2v) is 7.46. The summed E-state index contributed by atoms with van der Waals surface area (Å²) in [6.45, 7) is 2.06. The minimum atomic E-state index is 0.102. The van der Waals surface area contributed by atoms with E-state index in [1.807, 2.05) is 66.9 Å². The van der Waals surface area contributed by atoms with Gasteiger partial charge in [0.05, 0.1) is 6.33 Å². The minimum absolute atomic E-state index is 0.102. The first-order valence-corrected chi connectivity index (χ1v) is 9.81. The van der Waals surface area contributed by atoms with Crippen molar-refractivity contribution < 1.29 is 4.79 Å². The van der Waals surface area contributed by atoms with Crippen molar-refractivity contribution >= 4 is 5.91 Å². The van der Waals surface area contributed by atoms with E-state index in [-0.39, 0.29) is 5.91 Å².